The summed E-state index contributed by atoms with van der Waals surface area (Å²) in [4.78, 5) is 9.49. The molecule has 168 valence electrons. The highest BCUT2D eigenvalue weighted by Gasteiger charge is 2.36. The second-order valence-corrected chi connectivity index (χ2v) is 13.3. The van der Waals surface area contributed by atoms with Crippen LogP contribution in [0.2, 0.25) is 18.1 Å². The van der Waals surface area contributed by atoms with E-state index in [0.717, 1.165) is 19.2 Å². The third kappa shape index (κ3) is 14.0. The highest BCUT2D eigenvalue weighted by molar-refractivity contribution is 6.74. The van der Waals surface area contributed by atoms with E-state index in [2.05, 4.69) is 58.1 Å². The van der Waals surface area contributed by atoms with Gasteiger partial charge in [-0.2, -0.15) is 5.26 Å². The molecule has 31 heavy (non-hydrogen) atoms. The first kappa shape index (κ1) is 28.2. The van der Waals surface area contributed by atoms with Crippen molar-refractivity contribution in [2.75, 3.05) is 0 Å². The molecule has 0 heterocycles. The second kappa shape index (κ2) is 15.1. The molecule has 2 aromatic rings. The summed E-state index contributed by atoms with van der Waals surface area (Å²) >= 11 is 0. The Kier molecular flexibility index (Phi) is 13.8. The van der Waals surface area contributed by atoms with Gasteiger partial charge in [-0.15, -0.1) is 0 Å². The predicted molar refractivity (Wildman–Crippen MR) is 131 cm³/mol. The van der Waals surface area contributed by atoms with Crippen LogP contribution in [0, 0.1) is 21.4 Å². The van der Waals surface area contributed by atoms with E-state index >= 15 is 0 Å². The van der Waals surface area contributed by atoms with Crippen LogP contribution in [0.1, 0.15) is 45.2 Å². The van der Waals surface area contributed by atoms with Crippen LogP contribution >= 0.6 is 0 Å². The van der Waals surface area contributed by atoms with Gasteiger partial charge in [0.05, 0.1) is 17.6 Å². The van der Waals surface area contributed by atoms with Crippen LogP contribution in [0.5, 0.6) is 0 Å². The van der Waals surface area contributed by atoms with E-state index < -0.39 is 13.2 Å². The molecule has 0 aliphatic rings. The summed E-state index contributed by atoms with van der Waals surface area (Å²) in [6.07, 6.45) is 4.13. The van der Waals surface area contributed by atoms with Crippen molar-refractivity contribution in [2.45, 2.75) is 65.3 Å². The quantitative estimate of drug-likeness (QED) is 0.260. The van der Waals surface area contributed by atoms with E-state index in [1.54, 1.807) is 12.1 Å². The number of hydrogen-bond acceptors (Lipinski definition) is 4. The Morgan fingerprint density at radius 2 is 1.48 bits per heavy atom. The zero-order valence-corrected chi connectivity index (χ0v) is 20.7. The van der Waals surface area contributed by atoms with E-state index in [-0.39, 0.29) is 0 Å². The Hall–Kier alpha value is -2.75. The minimum atomic E-state index is -1.59. The van der Waals surface area contributed by atoms with Gasteiger partial charge in [0.2, 0.25) is 6.20 Å². The van der Waals surface area contributed by atoms with Gasteiger partial charge in [-0.1, -0.05) is 81.4 Å². The molecule has 0 aromatic heterocycles. The van der Waals surface area contributed by atoms with Gasteiger partial charge in [0.15, 0.2) is 8.32 Å². The molecule has 5 nitrogen and oxygen atoms in total. The number of nitrogens with zero attached hydrogens (tertiary/aromatic N) is 2. The third-order valence-corrected chi connectivity index (χ3v) is 9.40. The van der Waals surface area contributed by atoms with Crippen LogP contribution in [0.25, 0.3) is 0 Å². The fourth-order valence-electron chi connectivity index (χ4n) is 2.11. The minimum absolute atomic E-state index is 0.293. The molecule has 0 aliphatic heterocycles. The molecule has 2 rings (SSSR count). The van der Waals surface area contributed by atoms with E-state index in [1.165, 1.54) is 18.1 Å². The lowest BCUT2D eigenvalue weighted by atomic mass is 10.1. The van der Waals surface area contributed by atoms with Gasteiger partial charge < -0.3 is 4.43 Å². The Bertz CT molecular complexity index is 808. The van der Waals surface area contributed by atoms with E-state index in [9.17, 15) is 10.1 Å². The van der Waals surface area contributed by atoms with Crippen molar-refractivity contribution in [2.24, 2.45) is 0 Å². The summed E-state index contributed by atoms with van der Waals surface area (Å²) in [5.74, 6) is 0. The molecule has 0 spiro atoms. The predicted octanol–water partition coefficient (Wildman–Crippen LogP) is 7.15. The van der Waals surface area contributed by atoms with E-state index in [4.69, 9.17) is 9.69 Å². The average molecular weight is 441 g/mol. The summed E-state index contributed by atoms with van der Waals surface area (Å²) in [7, 11) is -1.59. The summed E-state index contributed by atoms with van der Waals surface area (Å²) in [6, 6.07) is 22.1. The first-order valence-corrected chi connectivity index (χ1v) is 13.3. The highest BCUT2D eigenvalue weighted by atomic mass is 28.4. The topological polar surface area (TPSA) is 76.2 Å². The van der Waals surface area contributed by atoms with Crippen LogP contribution < -0.4 is 0 Å². The smallest absolute Gasteiger partial charge is 0.230 e. The lowest BCUT2D eigenvalue weighted by Crippen LogP contribution is -2.40. The molecule has 0 aliphatic carbocycles. The first-order valence-electron chi connectivity index (χ1n) is 10.4. The third-order valence-electron chi connectivity index (χ3n) is 4.92. The SMILES string of the molecule is CC#N.CC(C)(C)[Si](C)(C)OCc1ccccc1.O=[N+]([O-])/C=C/CCc1ccccc1. The lowest BCUT2D eigenvalue weighted by Gasteiger charge is -2.36. The van der Waals surface area contributed by atoms with Gasteiger partial charge in [0.25, 0.3) is 0 Å². The Morgan fingerprint density at radius 1 is 1.03 bits per heavy atom. The summed E-state index contributed by atoms with van der Waals surface area (Å²) in [6.45, 7) is 13.6. The Morgan fingerprint density at radius 3 is 1.90 bits per heavy atom. The molecule has 6 heteroatoms. The maximum absolute atomic E-state index is 9.93. The molecule has 0 amide bonds. The van der Waals surface area contributed by atoms with Crippen molar-refractivity contribution in [3.8, 4) is 6.07 Å². The van der Waals surface area contributed by atoms with Gasteiger partial charge >= 0.3 is 0 Å². The van der Waals surface area contributed by atoms with E-state index in [1.807, 2.05) is 36.4 Å². The van der Waals surface area contributed by atoms with Gasteiger partial charge in [0, 0.05) is 6.92 Å². The van der Waals surface area contributed by atoms with Crippen LogP contribution in [0.3, 0.4) is 0 Å². The van der Waals surface area contributed by atoms with Gasteiger partial charge in [-0.05, 0) is 48.2 Å². The molecule has 0 radical (unpaired) electrons. The molecule has 0 saturated carbocycles. The Labute approximate surface area is 188 Å². The fraction of sp³-hybridized carbons (Fsp3) is 0.400. The van der Waals surface area contributed by atoms with Gasteiger partial charge in [-0.3, -0.25) is 10.1 Å². The highest BCUT2D eigenvalue weighted by Crippen LogP contribution is 2.36. The second-order valence-electron chi connectivity index (χ2n) is 8.45. The van der Waals surface area contributed by atoms with Crippen molar-refractivity contribution in [3.05, 3.63) is 94.2 Å². The maximum atomic E-state index is 9.93. The maximum Gasteiger partial charge on any atom is 0.230 e. The van der Waals surface area contributed by atoms with Crippen LogP contribution in [0.15, 0.2) is 72.9 Å². The molecule has 0 fully saturated rings. The molecular formula is C25H36N2O3Si. The van der Waals surface area contributed by atoms with Gasteiger partial charge in [0.1, 0.15) is 0 Å². The molecule has 2 aromatic carbocycles. The number of rotatable bonds is 7. The standard InChI is InChI=1S/C13H22OSi.C10H11NO2.C2H3N/c1-13(2,3)15(4,5)14-11-12-9-7-6-8-10-12;12-11(13)9-5-4-8-10-6-2-1-3-7-10;1-2-3/h6-10H,11H2,1-5H3;1-3,5-7,9H,4,8H2;1H3/b;9-5+;. The van der Waals surface area contributed by atoms with Crippen molar-refractivity contribution in [1.82, 2.24) is 0 Å². The number of nitriles is 1. The van der Waals surface area contributed by atoms with Crippen molar-refractivity contribution in [3.63, 3.8) is 0 Å². The molecule has 0 unspecified atom stereocenters. The largest absolute Gasteiger partial charge is 0.413 e. The first-order chi connectivity index (χ1) is 14.5. The summed E-state index contributed by atoms with van der Waals surface area (Å²) in [5.41, 5.74) is 2.47. The van der Waals surface area contributed by atoms with Crippen LogP contribution in [-0.4, -0.2) is 13.2 Å². The number of benzene rings is 2. The zero-order valence-electron chi connectivity index (χ0n) is 19.7. The van der Waals surface area contributed by atoms with Crippen LogP contribution in [0.4, 0.5) is 0 Å². The molecule has 0 bridgehead atoms. The van der Waals surface area contributed by atoms with Crippen molar-refractivity contribution < 1.29 is 9.35 Å². The normalized spacial score (nSPS) is 10.9. The minimum Gasteiger partial charge on any atom is -0.413 e. The average Bonchev–Trinajstić information content (AvgIpc) is 2.71. The van der Waals surface area contributed by atoms with Gasteiger partial charge in [-0.25, -0.2) is 0 Å². The summed E-state index contributed by atoms with van der Waals surface area (Å²) in [5, 5.41) is 17.5. The lowest BCUT2D eigenvalue weighted by molar-refractivity contribution is -0.402. The Balaban J connectivity index is 0.000000519. The molecule has 0 atom stereocenters. The van der Waals surface area contributed by atoms with Crippen molar-refractivity contribution >= 4 is 8.32 Å². The monoisotopic (exact) mass is 440 g/mol. The zero-order chi connectivity index (χ0) is 23.8. The number of aryl methyl sites for hydroxylation is 1. The van der Waals surface area contributed by atoms with E-state index in [0.29, 0.717) is 11.5 Å². The van der Waals surface area contributed by atoms with Crippen molar-refractivity contribution in [1.29, 1.82) is 5.26 Å². The number of nitro groups is 1. The molecular weight excluding hydrogens is 404 g/mol. The van der Waals surface area contributed by atoms with Crippen LogP contribution in [-0.2, 0) is 17.5 Å². The number of hydrogen-bond donors (Lipinski definition) is 0. The molecule has 0 N–H and O–H groups in total. The fourth-order valence-corrected chi connectivity index (χ4v) is 3.07. The molecule has 0 saturated heterocycles. The summed E-state index contributed by atoms with van der Waals surface area (Å²) < 4.78 is 6.12. The number of allylic oxidation sites excluding steroid dienone is 1.